The molecule has 3 aromatic heterocycles. The molecule has 11 heteroatoms. The molecule has 2 aliphatic heterocycles. The summed E-state index contributed by atoms with van der Waals surface area (Å²) in [6.07, 6.45) is 3.54. The van der Waals surface area contributed by atoms with Crippen LogP contribution in [-0.2, 0) is 6.42 Å². The number of pyridine rings is 1. The van der Waals surface area contributed by atoms with E-state index in [2.05, 4.69) is 37.1 Å². The second-order valence-corrected chi connectivity index (χ2v) is 8.38. The van der Waals surface area contributed by atoms with Crippen molar-refractivity contribution < 1.29 is 19.0 Å². The molecule has 4 aromatic rings. The van der Waals surface area contributed by atoms with E-state index in [0.29, 0.717) is 53.8 Å². The van der Waals surface area contributed by atoms with Gasteiger partial charge in [-0.05, 0) is 37.6 Å². The predicted molar refractivity (Wildman–Crippen MR) is 125 cm³/mol. The fraction of sp³-hybridized carbons (Fsp3) is 0.292. The molecular formula is C24H23N7O4. The van der Waals surface area contributed by atoms with Crippen LogP contribution in [0.5, 0.6) is 17.4 Å². The highest BCUT2D eigenvalue weighted by molar-refractivity contribution is 6.05. The van der Waals surface area contributed by atoms with Gasteiger partial charge in [-0.25, -0.2) is 9.67 Å². The first-order chi connectivity index (χ1) is 17.1. The van der Waals surface area contributed by atoms with Crippen LogP contribution in [0.2, 0.25) is 0 Å². The molecule has 0 unspecified atom stereocenters. The molecule has 178 valence electrons. The number of carbonyl (C=O) groups excluding carboxylic acids is 1. The number of fused-ring (bicyclic) bond motifs is 2. The molecule has 0 radical (unpaired) electrons. The van der Waals surface area contributed by atoms with Crippen LogP contribution >= 0.6 is 0 Å². The first kappa shape index (κ1) is 21.1. The van der Waals surface area contributed by atoms with Crippen LogP contribution in [0.3, 0.4) is 0 Å². The number of ether oxygens (including phenoxy) is 3. The Morgan fingerprint density at radius 3 is 2.86 bits per heavy atom. The number of amides is 1. The first-order valence-corrected chi connectivity index (χ1v) is 11.4. The smallest absolute Gasteiger partial charge is 0.263 e. The van der Waals surface area contributed by atoms with Crippen molar-refractivity contribution in [2.24, 2.45) is 0 Å². The summed E-state index contributed by atoms with van der Waals surface area (Å²) in [6.45, 7) is 3.13. The lowest BCUT2D eigenvalue weighted by atomic mass is 10.2. The zero-order valence-electron chi connectivity index (χ0n) is 19.3. The highest BCUT2D eigenvalue weighted by Crippen LogP contribution is 2.33. The monoisotopic (exact) mass is 473 g/mol. The normalized spacial score (nSPS) is 16.1. The second-order valence-electron chi connectivity index (χ2n) is 8.38. The van der Waals surface area contributed by atoms with Crippen LogP contribution in [-0.4, -0.2) is 55.8 Å². The van der Waals surface area contributed by atoms with Crippen LogP contribution in [0.4, 0.5) is 5.82 Å². The van der Waals surface area contributed by atoms with Gasteiger partial charge >= 0.3 is 0 Å². The number of carbonyl (C=O) groups is 1. The molecule has 1 N–H and O–H groups in total. The lowest BCUT2D eigenvalue weighted by molar-refractivity contribution is 0.102. The maximum absolute atomic E-state index is 13.1. The summed E-state index contributed by atoms with van der Waals surface area (Å²) in [5, 5.41) is 15.9. The lowest BCUT2D eigenvalue weighted by Gasteiger charge is -2.18. The van der Waals surface area contributed by atoms with Crippen LogP contribution < -0.4 is 19.5 Å². The van der Waals surface area contributed by atoms with E-state index < -0.39 is 5.91 Å². The maximum Gasteiger partial charge on any atom is 0.263 e. The summed E-state index contributed by atoms with van der Waals surface area (Å²) in [4.78, 5) is 17.8. The van der Waals surface area contributed by atoms with E-state index in [9.17, 15) is 4.79 Å². The summed E-state index contributed by atoms with van der Waals surface area (Å²) in [5.41, 5.74) is 1.63. The number of benzene rings is 1. The highest BCUT2D eigenvalue weighted by atomic mass is 16.6. The Labute approximate surface area is 200 Å². The van der Waals surface area contributed by atoms with Crippen LogP contribution in [0.15, 0.2) is 42.6 Å². The van der Waals surface area contributed by atoms with Gasteiger partial charge in [-0.1, -0.05) is 6.07 Å². The van der Waals surface area contributed by atoms with Crippen molar-refractivity contribution in [3.8, 4) is 34.6 Å². The van der Waals surface area contributed by atoms with Crippen LogP contribution in [0.25, 0.3) is 17.2 Å². The molecule has 5 heterocycles. The number of hydrogen-bond acceptors (Lipinski definition) is 8. The molecule has 1 aromatic carbocycles. The Morgan fingerprint density at radius 1 is 1.14 bits per heavy atom. The molecule has 0 spiro atoms. The van der Waals surface area contributed by atoms with E-state index >= 15 is 0 Å². The number of aryl methyl sites for hydroxylation is 1. The number of nitrogens with zero attached hydrogens (tertiary/aromatic N) is 6. The zero-order chi connectivity index (χ0) is 23.9. The minimum Gasteiger partial charge on any atom is -0.486 e. The Morgan fingerprint density at radius 2 is 2.00 bits per heavy atom. The number of rotatable bonds is 5. The number of anilines is 1. The molecular weight excluding hydrogens is 450 g/mol. The van der Waals surface area contributed by atoms with Gasteiger partial charge in [-0.3, -0.25) is 4.79 Å². The van der Waals surface area contributed by atoms with E-state index in [4.69, 9.17) is 14.2 Å². The number of aromatic nitrogens is 6. The molecule has 0 fully saturated rings. The molecule has 0 saturated heterocycles. The third-order valence-electron chi connectivity index (χ3n) is 6.12. The van der Waals surface area contributed by atoms with Crippen LogP contribution in [0.1, 0.15) is 35.6 Å². The number of hydrogen-bond donors (Lipinski definition) is 1. The Kier molecular flexibility index (Phi) is 5.09. The van der Waals surface area contributed by atoms with E-state index in [1.807, 2.05) is 30.3 Å². The quantitative estimate of drug-likeness (QED) is 0.470. The summed E-state index contributed by atoms with van der Waals surface area (Å²) in [7, 11) is 1.47. The molecule has 2 aliphatic rings. The maximum atomic E-state index is 13.1. The average Bonchev–Trinajstić information content (AvgIpc) is 3.60. The molecule has 0 saturated carbocycles. The molecule has 1 amide bonds. The van der Waals surface area contributed by atoms with E-state index in [-0.39, 0.29) is 11.4 Å². The van der Waals surface area contributed by atoms with Gasteiger partial charge in [0.05, 0.1) is 12.8 Å². The largest absolute Gasteiger partial charge is 0.486 e. The van der Waals surface area contributed by atoms with E-state index in [0.717, 1.165) is 18.7 Å². The molecule has 0 aliphatic carbocycles. The molecule has 35 heavy (non-hydrogen) atoms. The number of nitrogens with one attached hydrogen (secondary N) is 1. The van der Waals surface area contributed by atoms with Crippen molar-refractivity contribution in [2.75, 3.05) is 25.6 Å². The molecule has 1 atom stereocenters. The number of methoxy groups -OCH3 is 1. The summed E-state index contributed by atoms with van der Waals surface area (Å²) in [6, 6.07) is 11.2. The van der Waals surface area contributed by atoms with Crippen molar-refractivity contribution in [1.29, 1.82) is 0 Å². The minimum atomic E-state index is -0.393. The van der Waals surface area contributed by atoms with Crippen LogP contribution in [0, 0.1) is 0 Å². The topological polar surface area (TPSA) is 118 Å². The fourth-order valence-electron chi connectivity index (χ4n) is 4.38. The van der Waals surface area contributed by atoms with Gasteiger partial charge in [-0.15, -0.1) is 15.3 Å². The van der Waals surface area contributed by atoms with Gasteiger partial charge in [0.25, 0.3) is 5.91 Å². The molecule has 11 nitrogen and oxygen atoms in total. The molecule has 0 bridgehead atoms. The Hall–Kier alpha value is -4.41. The van der Waals surface area contributed by atoms with E-state index in [1.165, 1.54) is 7.11 Å². The summed E-state index contributed by atoms with van der Waals surface area (Å²) < 4.78 is 20.3. The van der Waals surface area contributed by atoms with E-state index in [1.54, 1.807) is 16.9 Å². The van der Waals surface area contributed by atoms with Crippen molar-refractivity contribution in [1.82, 2.24) is 29.5 Å². The van der Waals surface area contributed by atoms with Gasteiger partial charge in [0.2, 0.25) is 5.88 Å². The van der Waals surface area contributed by atoms with Crippen molar-refractivity contribution in [2.45, 2.75) is 25.8 Å². The SMILES string of the molecule is COc1nn(-c2ccc3c(c2)OCCO3)cc1C(=O)Nc1cccc(-c2nnc3n2[C@@H](C)CC3)n1. The van der Waals surface area contributed by atoms with Crippen molar-refractivity contribution in [3.63, 3.8) is 0 Å². The van der Waals surface area contributed by atoms with Gasteiger partial charge in [-0.2, -0.15) is 0 Å². The summed E-state index contributed by atoms with van der Waals surface area (Å²) >= 11 is 0. The highest BCUT2D eigenvalue weighted by Gasteiger charge is 2.25. The fourth-order valence-corrected chi connectivity index (χ4v) is 4.38. The minimum absolute atomic E-state index is 0.192. The lowest BCUT2D eigenvalue weighted by Crippen LogP contribution is -2.15. The average molecular weight is 473 g/mol. The Balaban J connectivity index is 1.26. The predicted octanol–water partition coefficient (Wildman–Crippen LogP) is 3.07. The van der Waals surface area contributed by atoms with Gasteiger partial charge in [0, 0.05) is 24.7 Å². The van der Waals surface area contributed by atoms with Gasteiger partial charge in [0.1, 0.15) is 36.1 Å². The second kappa shape index (κ2) is 8.42. The zero-order valence-corrected chi connectivity index (χ0v) is 19.3. The van der Waals surface area contributed by atoms with Gasteiger partial charge < -0.3 is 24.1 Å². The molecule has 6 rings (SSSR count). The third kappa shape index (κ3) is 3.74. The van der Waals surface area contributed by atoms with Gasteiger partial charge in [0.15, 0.2) is 17.3 Å². The third-order valence-corrected chi connectivity index (χ3v) is 6.12. The first-order valence-electron chi connectivity index (χ1n) is 11.4. The van der Waals surface area contributed by atoms with Crippen molar-refractivity contribution in [3.05, 3.63) is 54.0 Å². The summed E-state index contributed by atoms with van der Waals surface area (Å²) in [5.74, 6) is 3.16. The Bertz CT molecular complexity index is 1430. The van der Waals surface area contributed by atoms with Crippen molar-refractivity contribution >= 4 is 11.7 Å². The standard InChI is InChI=1S/C24H23N7O4/c1-14-6-9-21-27-28-22(31(14)21)17-4-3-5-20(25-17)26-23(32)16-13-30(29-24(16)33-2)15-7-8-18-19(12-15)35-11-10-34-18/h3-5,7-8,12-14H,6,9-11H2,1-2H3,(H,25,26,32)/t14-/m0/s1.